The molecule has 0 aliphatic heterocycles. The van der Waals surface area contributed by atoms with Crippen molar-refractivity contribution < 1.29 is 14.3 Å². The minimum absolute atomic E-state index is 0.222. The molecule has 124 valence electrons. The van der Waals surface area contributed by atoms with Crippen molar-refractivity contribution in [2.75, 3.05) is 0 Å². The molecule has 0 saturated heterocycles. The Morgan fingerprint density at radius 3 is 2.48 bits per heavy atom. The monoisotopic (exact) mass is 351 g/mol. The van der Waals surface area contributed by atoms with Crippen LogP contribution in [0, 0.1) is 12.7 Å². The van der Waals surface area contributed by atoms with Crippen molar-refractivity contribution >= 4 is 27.4 Å². The maximum absolute atomic E-state index is 13.6. The Labute approximate surface area is 147 Å². The molecule has 2 aromatic heterocycles. The number of hydrogen-bond donors (Lipinski definition) is 2. The number of hydrogen-bond acceptors (Lipinski definition) is 2. The van der Waals surface area contributed by atoms with E-state index in [1.165, 1.54) is 0 Å². The number of aromatic amines is 1. The number of H-pyrrole nitrogens is 1. The van der Waals surface area contributed by atoms with Gasteiger partial charge >= 0.3 is 5.97 Å². The molecule has 0 fully saturated rings. The van der Waals surface area contributed by atoms with E-state index in [1.807, 2.05) is 25.1 Å². The van der Waals surface area contributed by atoms with Crippen molar-refractivity contribution in [2.45, 2.75) is 6.92 Å². The van der Waals surface area contributed by atoms with E-state index in [-0.39, 0.29) is 11.4 Å². The van der Waals surface area contributed by atoms with E-state index in [4.69, 9.17) is 5.11 Å². The number of benzene rings is 2. The van der Waals surface area contributed by atoms with Crippen LogP contribution in [0.1, 0.15) is 15.9 Å². The maximum Gasteiger partial charge on any atom is 0.335 e. The smallest absolute Gasteiger partial charge is 0.335 e. The molecule has 2 heterocycles. The number of carboxylic acids is 1. The van der Waals surface area contributed by atoms with Gasteiger partial charge in [-0.1, -0.05) is 12.1 Å². The summed E-state index contributed by atoms with van der Waals surface area (Å²) in [5.41, 5.74) is 3.98. The number of aromatic carboxylic acids is 1. The highest BCUT2D eigenvalue weighted by Gasteiger charge is 2.11. The van der Waals surface area contributed by atoms with E-state index < -0.39 is 5.97 Å². The van der Waals surface area contributed by atoms with Gasteiger partial charge in [-0.15, -0.1) is 11.3 Å². The molecular formula is C20H14FNO2S. The Hall–Kier alpha value is -2.92. The molecule has 4 aromatic rings. The molecular weight excluding hydrogens is 337 g/mol. The second-order valence-electron chi connectivity index (χ2n) is 5.92. The third kappa shape index (κ3) is 2.83. The van der Waals surface area contributed by atoms with Crippen LogP contribution in [0.5, 0.6) is 0 Å². The number of nitrogens with one attached hydrogen (secondary N) is 1. The second kappa shape index (κ2) is 5.86. The first-order chi connectivity index (χ1) is 12.0. The number of rotatable bonds is 3. The molecule has 0 saturated carbocycles. The van der Waals surface area contributed by atoms with Crippen LogP contribution in [-0.2, 0) is 0 Å². The van der Waals surface area contributed by atoms with Crippen molar-refractivity contribution in [3.05, 3.63) is 71.5 Å². The summed E-state index contributed by atoms with van der Waals surface area (Å²) in [6, 6.07) is 15.8. The molecule has 0 unspecified atom stereocenters. The van der Waals surface area contributed by atoms with E-state index in [9.17, 15) is 9.18 Å². The van der Waals surface area contributed by atoms with Crippen LogP contribution in [-0.4, -0.2) is 16.1 Å². The van der Waals surface area contributed by atoms with Gasteiger partial charge in [0.1, 0.15) is 5.82 Å². The zero-order valence-electron chi connectivity index (χ0n) is 13.3. The van der Waals surface area contributed by atoms with Crippen molar-refractivity contribution in [3.63, 3.8) is 0 Å². The summed E-state index contributed by atoms with van der Waals surface area (Å²) in [5.74, 6) is -1.16. The normalized spacial score (nSPS) is 11.1. The zero-order chi connectivity index (χ0) is 17.6. The number of aryl methyl sites for hydroxylation is 1. The number of fused-ring (bicyclic) bond motifs is 1. The topological polar surface area (TPSA) is 53.1 Å². The summed E-state index contributed by atoms with van der Waals surface area (Å²) in [6.45, 7) is 1.91. The quantitative estimate of drug-likeness (QED) is 0.497. The molecule has 0 bridgehead atoms. The van der Waals surface area contributed by atoms with Crippen molar-refractivity contribution in [2.24, 2.45) is 0 Å². The summed E-state index contributed by atoms with van der Waals surface area (Å²) < 4.78 is 14.7. The van der Waals surface area contributed by atoms with Crippen LogP contribution >= 0.6 is 11.3 Å². The standard InChI is InChI=1S/C20H14FNO2S/c1-11-8-15(21)9-14-10-18(25-19(11)14)17-7-6-16(22-17)12-2-4-13(5-3-12)20(23)24/h2-10,22H,1H3,(H,23,24). The lowest BCUT2D eigenvalue weighted by molar-refractivity contribution is 0.0697. The Morgan fingerprint density at radius 1 is 1.04 bits per heavy atom. The first-order valence-electron chi connectivity index (χ1n) is 7.74. The molecule has 3 nitrogen and oxygen atoms in total. The number of thiophene rings is 1. The number of carbonyl (C=O) groups is 1. The molecule has 25 heavy (non-hydrogen) atoms. The van der Waals surface area contributed by atoms with Gasteiger partial charge < -0.3 is 10.1 Å². The molecule has 0 radical (unpaired) electrons. The summed E-state index contributed by atoms with van der Waals surface area (Å²) in [5, 5.41) is 9.88. The van der Waals surface area contributed by atoms with Gasteiger partial charge in [-0.05, 0) is 65.9 Å². The van der Waals surface area contributed by atoms with Gasteiger partial charge in [0.25, 0.3) is 0 Å². The fourth-order valence-corrected chi connectivity index (χ4v) is 4.01. The lowest BCUT2D eigenvalue weighted by Crippen LogP contribution is -1.94. The Morgan fingerprint density at radius 2 is 1.76 bits per heavy atom. The Balaban J connectivity index is 1.71. The molecule has 2 N–H and O–H groups in total. The highest BCUT2D eigenvalue weighted by atomic mass is 32.1. The molecule has 2 aromatic carbocycles. The molecule has 5 heteroatoms. The molecule has 0 atom stereocenters. The lowest BCUT2D eigenvalue weighted by atomic mass is 10.1. The van der Waals surface area contributed by atoms with E-state index in [2.05, 4.69) is 4.98 Å². The summed E-state index contributed by atoms with van der Waals surface area (Å²) >= 11 is 1.62. The molecule has 0 amide bonds. The van der Waals surface area contributed by atoms with E-state index in [0.717, 1.165) is 37.5 Å². The highest BCUT2D eigenvalue weighted by molar-refractivity contribution is 7.22. The maximum atomic E-state index is 13.6. The highest BCUT2D eigenvalue weighted by Crippen LogP contribution is 2.36. The fraction of sp³-hybridized carbons (Fsp3) is 0.0500. The predicted octanol–water partition coefficient (Wildman–Crippen LogP) is 5.71. The SMILES string of the molecule is Cc1cc(F)cc2cc(-c3ccc(-c4ccc(C(=O)O)cc4)[nH]3)sc12. The molecule has 0 aliphatic rings. The number of carboxylic acid groups (broad SMARTS) is 1. The van der Waals surface area contributed by atoms with Crippen LogP contribution in [0.15, 0.2) is 54.6 Å². The largest absolute Gasteiger partial charge is 0.478 e. The lowest BCUT2D eigenvalue weighted by Gasteiger charge is -1.99. The Kier molecular flexibility index (Phi) is 3.66. The zero-order valence-corrected chi connectivity index (χ0v) is 14.2. The average molecular weight is 351 g/mol. The van der Waals surface area contributed by atoms with Crippen molar-refractivity contribution in [3.8, 4) is 21.8 Å². The number of aromatic nitrogens is 1. The minimum Gasteiger partial charge on any atom is -0.478 e. The van der Waals surface area contributed by atoms with Gasteiger partial charge in [0.2, 0.25) is 0 Å². The second-order valence-corrected chi connectivity index (χ2v) is 6.97. The van der Waals surface area contributed by atoms with E-state index in [0.29, 0.717) is 0 Å². The summed E-state index contributed by atoms with van der Waals surface area (Å²) in [7, 11) is 0. The number of halogens is 1. The predicted molar refractivity (Wildman–Crippen MR) is 98.7 cm³/mol. The third-order valence-corrected chi connectivity index (χ3v) is 5.48. The molecule has 4 rings (SSSR count). The van der Waals surface area contributed by atoms with E-state index in [1.54, 1.807) is 47.7 Å². The molecule has 0 aliphatic carbocycles. The van der Waals surface area contributed by atoms with Crippen LogP contribution in [0.3, 0.4) is 0 Å². The fourth-order valence-electron chi connectivity index (χ4n) is 2.92. The summed E-state index contributed by atoms with van der Waals surface area (Å²) in [6.07, 6.45) is 0. The van der Waals surface area contributed by atoms with Gasteiger partial charge in [0.15, 0.2) is 0 Å². The van der Waals surface area contributed by atoms with Crippen molar-refractivity contribution in [1.82, 2.24) is 4.98 Å². The first-order valence-corrected chi connectivity index (χ1v) is 8.56. The van der Waals surface area contributed by atoms with Gasteiger partial charge in [0, 0.05) is 10.4 Å². The summed E-state index contributed by atoms with van der Waals surface area (Å²) in [4.78, 5) is 15.3. The van der Waals surface area contributed by atoms with Gasteiger partial charge in [-0.25, -0.2) is 9.18 Å². The van der Waals surface area contributed by atoms with Crippen molar-refractivity contribution in [1.29, 1.82) is 0 Å². The van der Waals surface area contributed by atoms with Crippen LogP contribution in [0.2, 0.25) is 0 Å². The van der Waals surface area contributed by atoms with Crippen LogP contribution < -0.4 is 0 Å². The van der Waals surface area contributed by atoms with Gasteiger partial charge in [-0.2, -0.15) is 0 Å². The Bertz CT molecular complexity index is 1090. The first kappa shape index (κ1) is 15.6. The van der Waals surface area contributed by atoms with Crippen LogP contribution in [0.25, 0.3) is 31.9 Å². The van der Waals surface area contributed by atoms with Gasteiger partial charge in [0.05, 0.1) is 16.1 Å². The minimum atomic E-state index is -0.938. The molecule has 0 spiro atoms. The third-order valence-electron chi connectivity index (χ3n) is 4.16. The van der Waals surface area contributed by atoms with Gasteiger partial charge in [-0.3, -0.25) is 0 Å². The van der Waals surface area contributed by atoms with Crippen LogP contribution in [0.4, 0.5) is 4.39 Å². The average Bonchev–Trinajstić information content (AvgIpc) is 3.21. The van der Waals surface area contributed by atoms with E-state index >= 15 is 0 Å².